The Bertz CT molecular complexity index is 1550. The first-order valence-electron chi connectivity index (χ1n) is 14.5. The zero-order valence-electron chi connectivity index (χ0n) is 23.9. The minimum atomic E-state index is -0.615. The number of nitrogens with one attached hydrogen (secondary N) is 1. The summed E-state index contributed by atoms with van der Waals surface area (Å²) in [5.74, 6) is -1.10. The first-order chi connectivity index (χ1) is 20.2. The third kappa shape index (κ3) is 4.84. The number of benzene rings is 2. The molecule has 3 aliphatic heterocycles. The lowest BCUT2D eigenvalue weighted by atomic mass is 10.0. The van der Waals surface area contributed by atoms with E-state index in [9.17, 15) is 24.3 Å². The van der Waals surface area contributed by atoms with Gasteiger partial charge in [-0.2, -0.15) is 0 Å². The fourth-order valence-electron chi connectivity index (χ4n) is 6.59. The topological polar surface area (TPSA) is 123 Å². The average Bonchev–Trinajstić information content (AvgIpc) is 3.77. The molecule has 1 aromatic heterocycles. The molecule has 3 saturated heterocycles. The first-order valence-corrected chi connectivity index (χ1v) is 15.4. The summed E-state index contributed by atoms with van der Waals surface area (Å²) in [5.41, 5.74) is 3.21. The summed E-state index contributed by atoms with van der Waals surface area (Å²) < 4.78 is 0.764. The second kappa shape index (κ2) is 11.1. The molecule has 2 aromatic carbocycles. The molecule has 0 aliphatic carbocycles. The molecule has 42 heavy (non-hydrogen) atoms. The molecular formula is C31H35N5O5S. The van der Waals surface area contributed by atoms with E-state index >= 15 is 0 Å². The number of hydrogen-bond acceptors (Lipinski definition) is 7. The number of aliphatic hydroxyl groups excluding tert-OH is 1. The lowest BCUT2D eigenvalue weighted by molar-refractivity contribution is -0.137. The third-order valence-electron chi connectivity index (χ3n) is 8.84. The number of hydrogen-bond donors (Lipinski definition) is 2. The van der Waals surface area contributed by atoms with Gasteiger partial charge in [0, 0.05) is 18.8 Å². The van der Waals surface area contributed by atoms with Crippen LogP contribution in [0.15, 0.2) is 42.5 Å². The highest BCUT2D eigenvalue weighted by Crippen LogP contribution is 2.39. The van der Waals surface area contributed by atoms with E-state index < -0.39 is 30.0 Å². The Balaban J connectivity index is 1.17. The predicted octanol–water partition coefficient (Wildman–Crippen LogP) is 4.20. The second-order valence-corrected chi connectivity index (χ2v) is 12.7. The molecule has 3 aliphatic rings. The van der Waals surface area contributed by atoms with E-state index in [2.05, 4.69) is 24.1 Å². The van der Waals surface area contributed by atoms with Crippen LogP contribution in [0.1, 0.15) is 66.9 Å². The highest BCUT2D eigenvalue weighted by Gasteiger charge is 2.56. The van der Waals surface area contributed by atoms with Crippen molar-refractivity contribution in [1.29, 1.82) is 0 Å². The number of aromatic nitrogens is 1. The van der Waals surface area contributed by atoms with Gasteiger partial charge < -0.3 is 20.2 Å². The number of imide groups is 1. The number of amides is 5. The molecular weight excluding hydrogens is 554 g/mol. The van der Waals surface area contributed by atoms with Gasteiger partial charge in [0.25, 0.3) is 5.91 Å². The van der Waals surface area contributed by atoms with Gasteiger partial charge in [-0.3, -0.25) is 19.3 Å². The van der Waals surface area contributed by atoms with Gasteiger partial charge >= 0.3 is 6.03 Å². The fourth-order valence-corrected chi connectivity index (χ4v) is 7.55. The van der Waals surface area contributed by atoms with E-state index in [-0.39, 0.29) is 29.5 Å². The van der Waals surface area contributed by atoms with Crippen LogP contribution in [0.4, 0.5) is 10.5 Å². The molecule has 0 spiro atoms. The van der Waals surface area contributed by atoms with Gasteiger partial charge in [0.2, 0.25) is 11.8 Å². The van der Waals surface area contributed by atoms with Crippen molar-refractivity contribution in [2.45, 2.75) is 70.7 Å². The summed E-state index contributed by atoms with van der Waals surface area (Å²) in [6.07, 6.45) is 1.75. The van der Waals surface area contributed by atoms with Crippen LogP contribution in [0.2, 0.25) is 0 Å². The highest BCUT2D eigenvalue weighted by atomic mass is 32.1. The molecule has 11 heteroatoms. The van der Waals surface area contributed by atoms with Crippen molar-refractivity contribution in [1.82, 2.24) is 19.7 Å². The Morgan fingerprint density at radius 3 is 2.55 bits per heavy atom. The van der Waals surface area contributed by atoms with Crippen LogP contribution in [-0.2, 0) is 16.2 Å². The molecule has 6 rings (SSSR count). The maximum atomic E-state index is 13.9. The zero-order chi connectivity index (χ0) is 29.7. The number of anilines is 1. The van der Waals surface area contributed by atoms with E-state index in [1.165, 1.54) is 21.8 Å². The number of carbonyl (C=O) groups excluding carboxylic acids is 4. The van der Waals surface area contributed by atoms with Crippen molar-refractivity contribution < 1.29 is 24.3 Å². The fraction of sp³-hybridized carbons (Fsp3) is 0.452. The number of fused-ring (bicyclic) bond motifs is 2. The largest absolute Gasteiger partial charge is 0.392 e. The molecule has 0 unspecified atom stereocenters. The van der Waals surface area contributed by atoms with Crippen molar-refractivity contribution in [2.24, 2.45) is 5.92 Å². The number of likely N-dealkylation sites (tertiary alicyclic amines) is 3. The van der Waals surface area contributed by atoms with Crippen molar-refractivity contribution in [3.8, 4) is 0 Å². The normalized spacial score (nSPS) is 23.7. The van der Waals surface area contributed by atoms with Crippen LogP contribution in [0.5, 0.6) is 0 Å². The van der Waals surface area contributed by atoms with Gasteiger partial charge in [-0.25, -0.2) is 9.78 Å². The molecule has 4 atom stereocenters. The Labute approximate surface area is 248 Å². The molecule has 220 valence electrons. The number of carbonyl (C=O) groups is 4. The maximum absolute atomic E-state index is 13.9. The van der Waals surface area contributed by atoms with Crippen LogP contribution in [0.3, 0.4) is 0 Å². The Morgan fingerprint density at radius 2 is 1.83 bits per heavy atom. The highest BCUT2D eigenvalue weighted by molar-refractivity contribution is 7.20. The lowest BCUT2D eigenvalue weighted by Gasteiger charge is -2.32. The SMILES string of the molecule is CC(C)c1ccc(NC(=O)N2CCC[C@H]2C(=O)N2CC[C@H]3[C@H]2[C@H](C)C(=O)N3C(=O)c2nc3ccc(CO)cc3s2)cc1. The summed E-state index contributed by atoms with van der Waals surface area (Å²) in [4.78, 5) is 63.3. The standard InChI is InChI=1S/C31H35N5O5S/c1-17(2)20-7-9-21(10-8-20)32-31(41)34-13-4-5-24(34)29(39)35-14-12-23-26(35)18(3)28(38)36(23)30(40)27-33-22-11-6-19(16-37)15-25(22)42-27/h6-11,15,17-18,23-24,26,37H,4-5,12-14,16H2,1-3H3,(H,32,41)/t18-,23-,24-,26+/m0/s1. The molecule has 0 bridgehead atoms. The molecule has 4 heterocycles. The molecule has 10 nitrogen and oxygen atoms in total. The van der Waals surface area contributed by atoms with Crippen molar-refractivity contribution in [2.75, 3.05) is 18.4 Å². The van der Waals surface area contributed by atoms with Crippen LogP contribution in [-0.4, -0.2) is 79.8 Å². The van der Waals surface area contributed by atoms with Crippen LogP contribution in [0.25, 0.3) is 10.2 Å². The van der Waals surface area contributed by atoms with Crippen molar-refractivity contribution in [3.05, 3.63) is 58.6 Å². The lowest BCUT2D eigenvalue weighted by Crippen LogP contribution is -2.52. The second-order valence-electron chi connectivity index (χ2n) is 11.7. The molecule has 2 N–H and O–H groups in total. The number of aliphatic hydroxyl groups is 1. The van der Waals surface area contributed by atoms with E-state index in [0.29, 0.717) is 49.5 Å². The van der Waals surface area contributed by atoms with Gasteiger partial charge in [0.05, 0.1) is 34.8 Å². The van der Waals surface area contributed by atoms with Crippen LogP contribution in [0, 0.1) is 5.92 Å². The van der Waals surface area contributed by atoms with E-state index in [0.717, 1.165) is 10.3 Å². The summed E-state index contributed by atoms with van der Waals surface area (Å²) in [5, 5.41) is 12.6. The van der Waals surface area contributed by atoms with Crippen molar-refractivity contribution >= 4 is 51.0 Å². The quantitative estimate of drug-likeness (QED) is 0.430. The van der Waals surface area contributed by atoms with Gasteiger partial charge in [-0.1, -0.05) is 39.0 Å². The summed E-state index contributed by atoms with van der Waals surface area (Å²) in [7, 11) is 0. The average molecular weight is 590 g/mol. The minimum Gasteiger partial charge on any atom is -0.392 e. The van der Waals surface area contributed by atoms with Crippen LogP contribution < -0.4 is 5.32 Å². The van der Waals surface area contributed by atoms with Gasteiger partial charge in [0.15, 0.2) is 5.01 Å². The van der Waals surface area contributed by atoms with Gasteiger partial charge in [-0.15, -0.1) is 11.3 Å². The zero-order valence-corrected chi connectivity index (χ0v) is 24.8. The molecule has 5 amide bonds. The Hall–Kier alpha value is -3.83. The Morgan fingerprint density at radius 1 is 1.07 bits per heavy atom. The number of thiazole rings is 1. The third-order valence-corrected chi connectivity index (χ3v) is 9.84. The summed E-state index contributed by atoms with van der Waals surface area (Å²) >= 11 is 1.20. The molecule has 3 aromatic rings. The minimum absolute atomic E-state index is 0.113. The van der Waals surface area contributed by atoms with Crippen molar-refractivity contribution in [3.63, 3.8) is 0 Å². The van der Waals surface area contributed by atoms with Crippen LogP contribution >= 0.6 is 11.3 Å². The number of urea groups is 1. The number of rotatable bonds is 5. The van der Waals surface area contributed by atoms with Gasteiger partial charge in [-0.05, 0) is 60.6 Å². The van der Waals surface area contributed by atoms with E-state index in [4.69, 9.17) is 0 Å². The molecule has 3 fully saturated rings. The first kappa shape index (κ1) is 28.3. The number of nitrogens with zero attached hydrogens (tertiary/aromatic N) is 4. The predicted molar refractivity (Wildman–Crippen MR) is 159 cm³/mol. The molecule has 0 radical (unpaired) electrons. The Kier molecular flexibility index (Phi) is 7.48. The smallest absolute Gasteiger partial charge is 0.322 e. The summed E-state index contributed by atoms with van der Waals surface area (Å²) in [6, 6.07) is 11.2. The van der Waals surface area contributed by atoms with Gasteiger partial charge in [0.1, 0.15) is 6.04 Å². The molecule has 0 saturated carbocycles. The monoisotopic (exact) mass is 589 g/mol. The van der Waals surface area contributed by atoms with E-state index in [1.54, 1.807) is 34.9 Å². The van der Waals surface area contributed by atoms with E-state index in [1.807, 2.05) is 24.3 Å². The summed E-state index contributed by atoms with van der Waals surface area (Å²) in [6.45, 7) is 6.77. The maximum Gasteiger partial charge on any atom is 0.322 e.